The van der Waals surface area contributed by atoms with Gasteiger partial charge in [-0.3, -0.25) is 0 Å². The van der Waals surface area contributed by atoms with Crippen molar-refractivity contribution < 1.29 is 13.5 Å². The minimum Gasteiger partial charge on any atom is -0.485 e. The Hall–Kier alpha value is -1.16. The quantitative estimate of drug-likeness (QED) is 0.881. The molecule has 0 amide bonds. The molecule has 18 heavy (non-hydrogen) atoms. The van der Waals surface area contributed by atoms with Crippen molar-refractivity contribution in [1.29, 1.82) is 0 Å². The summed E-state index contributed by atoms with van der Waals surface area (Å²) in [6.45, 7) is 4.19. The maximum absolute atomic E-state index is 13.5. The summed E-state index contributed by atoms with van der Waals surface area (Å²) in [5.74, 6) is -1.08. The summed E-state index contributed by atoms with van der Waals surface area (Å²) in [5.41, 5.74) is 6.05. The van der Waals surface area contributed by atoms with E-state index in [9.17, 15) is 8.78 Å². The van der Waals surface area contributed by atoms with Crippen molar-refractivity contribution in [3.05, 3.63) is 29.8 Å². The predicted octanol–water partition coefficient (Wildman–Crippen LogP) is 3.11. The molecule has 0 bridgehead atoms. The molecule has 1 fully saturated rings. The molecule has 1 aliphatic carbocycles. The Balaban J connectivity index is 2.15. The van der Waals surface area contributed by atoms with Gasteiger partial charge in [-0.25, -0.2) is 4.39 Å². The van der Waals surface area contributed by atoms with Gasteiger partial charge in [0.05, 0.1) is 0 Å². The molecule has 4 atom stereocenters. The smallest absolute Gasteiger partial charge is 0.200 e. The number of rotatable bonds is 2. The van der Waals surface area contributed by atoms with Crippen molar-refractivity contribution in [2.45, 2.75) is 38.8 Å². The molecule has 1 aromatic rings. The van der Waals surface area contributed by atoms with Gasteiger partial charge in [0.1, 0.15) is 6.10 Å². The molecule has 4 unspecified atom stereocenters. The van der Waals surface area contributed by atoms with Gasteiger partial charge in [-0.15, -0.1) is 0 Å². The van der Waals surface area contributed by atoms with E-state index in [1.165, 1.54) is 12.1 Å². The third kappa shape index (κ3) is 2.64. The van der Waals surface area contributed by atoms with Crippen LogP contribution in [0, 0.1) is 23.5 Å². The average Bonchev–Trinajstić information content (AvgIpc) is 2.28. The second-order valence-corrected chi connectivity index (χ2v) is 5.35. The first-order valence-electron chi connectivity index (χ1n) is 6.35. The predicted molar refractivity (Wildman–Crippen MR) is 66.3 cm³/mol. The van der Waals surface area contributed by atoms with Gasteiger partial charge in [-0.05, 0) is 36.8 Å². The Kier molecular flexibility index (Phi) is 3.85. The minimum absolute atomic E-state index is 0.0446. The highest BCUT2D eigenvalue weighted by atomic mass is 19.2. The Labute approximate surface area is 106 Å². The van der Waals surface area contributed by atoms with E-state index in [1.54, 1.807) is 0 Å². The summed E-state index contributed by atoms with van der Waals surface area (Å²) in [5, 5.41) is 0. The van der Waals surface area contributed by atoms with E-state index in [1.807, 2.05) is 6.92 Å². The topological polar surface area (TPSA) is 35.2 Å². The number of benzene rings is 1. The second kappa shape index (κ2) is 5.22. The van der Waals surface area contributed by atoms with Gasteiger partial charge < -0.3 is 10.5 Å². The highest BCUT2D eigenvalue weighted by Gasteiger charge is 2.34. The molecule has 100 valence electrons. The minimum atomic E-state index is -0.935. The third-order valence-corrected chi connectivity index (χ3v) is 3.61. The molecule has 1 aliphatic rings. The second-order valence-electron chi connectivity index (χ2n) is 5.35. The van der Waals surface area contributed by atoms with Gasteiger partial charge in [-0.2, -0.15) is 4.39 Å². The lowest BCUT2D eigenvalue weighted by Crippen LogP contribution is -2.48. The van der Waals surface area contributed by atoms with E-state index in [2.05, 4.69) is 6.92 Å². The molecule has 0 aromatic heterocycles. The van der Waals surface area contributed by atoms with Crippen molar-refractivity contribution in [3.63, 3.8) is 0 Å². The molecule has 0 saturated heterocycles. The van der Waals surface area contributed by atoms with Crippen LogP contribution >= 0.6 is 0 Å². The molecule has 1 aromatic carbocycles. The Morgan fingerprint density at radius 1 is 1.22 bits per heavy atom. The Morgan fingerprint density at radius 3 is 2.61 bits per heavy atom. The lowest BCUT2D eigenvalue weighted by atomic mass is 9.78. The first kappa shape index (κ1) is 13.3. The lowest BCUT2D eigenvalue weighted by molar-refractivity contribution is 0.0587. The number of hydrogen-bond donors (Lipinski definition) is 1. The van der Waals surface area contributed by atoms with Gasteiger partial charge in [0.2, 0.25) is 5.82 Å². The van der Waals surface area contributed by atoms with Crippen LogP contribution in [0.15, 0.2) is 18.2 Å². The summed E-state index contributed by atoms with van der Waals surface area (Å²) in [4.78, 5) is 0. The van der Waals surface area contributed by atoms with Crippen molar-refractivity contribution in [3.8, 4) is 5.75 Å². The SMILES string of the molecule is CC1CC(C)C(Oc2cccc(F)c2F)C(N)C1. The van der Waals surface area contributed by atoms with E-state index < -0.39 is 11.6 Å². The first-order valence-corrected chi connectivity index (χ1v) is 6.35. The van der Waals surface area contributed by atoms with E-state index >= 15 is 0 Å². The Morgan fingerprint density at radius 2 is 1.94 bits per heavy atom. The number of ether oxygens (including phenoxy) is 1. The summed E-state index contributed by atoms with van der Waals surface area (Å²) < 4.78 is 32.2. The van der Waals surface area contributed by atoms with Crippen LogP contribution < -0.4 is 10.5 Å². The van der Waals surface area contributed by atoms with Crippen molar-refractivity contribution in [1.82, 2.24) is 0 Å². The van der Waals surface area contributed by atoms with E-state index in [0.717, 1.165) is 18.9 Å². The van der Waals surface area contributed by atoms with E-state index in [-0.39, 0.29) is 23.8 Å². The van der Waals surface area contributed by atoms with Crippen molar-refractivity contribution in [2.75, 3.05) is 0 Å². The standard InChI is InChI=1S/C14H19F2NO/c1-8-6-9(2)14(11(17)7-8)18-12-5-3-4-10(15)13(12)16/h3-5,8-9,11,14H,6-7,17H2,1-2H3. The lowest BCUT2D eigenvalue weighted by Gasteiger charge is -2.37. The highest BCUT2D eigenvalue weighted by molar-refractivity contribution is 5.25. The fourth-order valence-corrected chi connectivity index (χ4v) is 2.81. The zero-order chi connectivity index (χ0) is 13.3. The summed E-state index contributed by atoms with van der Waals surface area (Å²) >= 11 is 0. The molecular formula is C14H19F2NO. The molecule has 4 heteroatoms. The summed E-state index contributed by atoms with van der Waals surface area (Å²) in [6, 6.07) is 3.83. The van der Waals surface area contributed by atoms with Crippen LogP contribution in [-0.4, -0.2) is 12.1 Å². The zero-order valence-corrected chi connectivity index (χ0v) is 10.7. The van der Waals surface area contributed by atoms with Gasteiger partial charge in [0.25, 0.3) is 0 Å². The molecule has 0 radical (unpaired) electrons. The van der Waals surface area contributed by atoms with Crippen LogP contribution in [0.2, 0.25) is 0 Å². The maximum Gasteiger partial charge on any atom is 0.200 e. The Bertz CT molecular complexity index is 412. The van der Waals surface area contributed by atoms with Crippen molar-refractivity contribution in [2.24, 2.45) is 17.6 Å². The van der Waals surface area contributed by atoms with Gasteiger partial charge in [-0.1, -0.05) is 19.9 Å². The summed E-state index contributed by atoms with van der Waals surface area (Å²) in [6.07, 6.45) is 1.60. The molecule has 2 nitrogen and oxygen atoms in total. The van der Waals surface area contributed by atoms with Gasteiger partial charge >= 0.3 is 0 Å². The molecule has 0 aliphatic heterocycles. The van der Waals surface area contributed by atoms with Crippen LogP contribution in [0.25, 0.3) is 0 Å². The van der Waals surface area contributed by atoms with Crippen molar-refractivity contribution >= 4 is 0 Å². The highest BCUT2D eigenvalue weighted by Crippen LogP contribution is 2.32. The first-order chi connectivity index (χ1) is 8.49. The monoisotopic (exact) mass is 255 g/mol. The number of nitrogens with two attached hydrogens (primary N) is 1. The van der Waals surface area contributed by atoms with Crippen LogP contribution in [-0.2, 0) is 0 Å². The van der Waals surface area contributed by atoms with Crippen LogP contribution in [0.3, 0.4) is 0 Å². The summed E-state index contributed by atoms with van der Waals surface area (Å²) in [7, 11) is 0. The number of hydrogen-bond acceptors (Lipinski definition) is 2. The van der Waals surface area contributed by atoms with Gasteiger partial charge in [0, 0.05) is 6.04 Å². The maximum atomic E-state index is 13.5. The van der Waals surface area contributed by atoms with Crippen LogP contribution in [0.4, 0.5) is 8.78 Å². The number of halogens is 2. The fraction of sp³-hybridized carbons (Fsp3) is 0.571. The normalized spacial score (nSPS) is 32.3. The average molecular weight is 255 g/mol. The van der Waals surface area contributed by atoms with E-state index in [4.69, 9.17) is 10.5 Å². The molecule has 2 N–H and O–H groups in total. The van der Waals surface area contributed by atoms with E-state index in [0.29, 0.717) is 5.92 Å². The fourth-order valence-electron chi connectivity index (χ4n) is 2.81. The molecule has 1 saturated carbocycles. The van der Waals surface area contributed by atoms with Crippen LogP contribution in [0.1, 0.15) is 26.7 Å². The zero-order valence-electron chi connectivity index (χ0n) is 10.7. The molecular weight excluding hydrogens is 236 g/mol. The largest absolute Gasteiger partial charge is 0.485 e. The molecule has 0 spiro atoms. The van der Waals surface area contributed by atoms with Crippen LogP contribution in [0.5, 0.6) is 5.75 Å². The molecule has 0 heterocycles. The molecule has 2 rings (SSSR count). The van der Waals surface area contributed by atoms with Gasteiger partial charge in [0.15, 0.2) is 11.6 Å². The third-order valence-electron chi connectivity index (χ3n) is 3.61.